The topological polar surface area (TPSA) is 48.9 Å². The van der Waals surface area contributed by atoms with Gasteiger partial charge in [-0.1, -0.05) is 32.6 Å². The summed E-state index contributed by atoms with van der Waals surface area (Å²) in [5.74, 6) is 0.901. The van der Waals surface area contributed by atoms with Gasteiger partial charge in [-0.15, -0.1) is 0 Å². The van der Waals surface area contributed by atoms with E-state index in [2.05, 4.69) is 41.4 Å². The molecule has 1 unspecified atom stereocenters. The fourth-order valence-electron chi connectivity index (χ4n) is 2.10. The zero-order valence-electron chi connectivity index (χ0n) is 14.7. The van der Waals surface area contributed by atoms with Crippen molar-refractivity contribution >= 4 is 5.96 Å². The van der Waals surface area contributed by atoms with Crippen molar-refractivity contribution in [2.24, 2.45) is 4.99 Å². The van der Waals surface area contributed by atoms with Crippen LogP contribution in [-0.2, 0) is 4.74 Å². The van der Waals surface area contributed by atoms with Crippen LogP contribution in [0.3, 0.4) is 0 Å². The lowest BCUT2D eigenvalue weighted by molar-refractivity contribution is 0.162. The van der Waals surface area contributed by atoms with E-state index in [0.717, 1.165) is 32.2 Å². The number of aliphatic imine (C=N–C) groups is 1. The SMILES string of the molecule is CCCCCCC(C)NC(=NC)NCCN(C)CCOC. The van der Waals surface area contributed by atoms with Crippen molar-refractivity contribution < 1.29 is 4.74 Å². The Hall–Kier alpha value is -0.810. The second-order valence-electron chi connectivity index (χ2n) is 5.69. The van der Waals surface area contributed by atoms with Gasteiger partial charge in [-0.2, -0.15) is 0 Å². The Balaban J connectivity index is 3.75. The Morgan fingerprint density at radius 3 is 2.62 bits per heavy atom. The van der Waals surface area contributed by atoms with Crippen LogP contribution < -0.4 is 10.6 Å². The molecule has 0 radical (unpaired) electrons. The van der Waals surface area contributed by atoms with Gasteiger partial charge in [0.25, 0.3) is 0 Å². The van der Waals surface area contributed by atoms with Gasteiger partial charge in [0.2, 0.25) is 0 Å². The molecule has 0 saturated carbocycles. The molecule has 0 amide bonds. The highest BCUT2D eigenvalue weighted by Gasteiger charge is 2.05. The fraction of sp³-hybridized carbons (Fsp3) is 0.938. The highest BCUT2D eigenvalue weighted by atomic mass is 16.5. The maximum atomic E-state index is 5.07. The molecule has 126 valence electrons. The summed E-state index contributed by atoms with van der Waals surface area (Å²) in [6.07, 6.45) is 6.46. The van der Waals surface area contributed by atoms with E-state index in [1.54, 1.807) is 7.11 Å². The number of hydrogen-bond acceptors (Lipinski definition) is 3. The fourth-order valence-corrected chi connectivity index (χ4v) is 2.10. The molecule has 0 saturated heterocycles. The highest BCUT2D eigenvalue weighted by Crippen LogP contribution is 2.04. The van der Waals surface area contributed by atoms with Crippen molar-refractivity contribution in [3.05, 3.63) is 0 Å². The maximum Gasteiger partial charge on any atom is 0.191 e. The van der Waals surface area contributed by atoms with E-state index in [1.165, 1.54) is 32.1 Å². The second-order valence-corrected chi connectivity index (χ2v) is 5.69. The molecule has 0 aliphatic carbocycles. The molecule has 5 nitrogen and oxygen atoms in total. The lowest BCUT2D eigenvalue weighted by Crippen LogP contribution is -2.44. The van der Waals surface area contributed by atoms with Crippen LogP contribution >= 0.6 is 0 Å². The van der Waals surface area contributed by atoms with Crippen LogP contribution in [0.5, 0.6) is 0 Å². The number of likely N-dealkylation sites (N-methyl/N-ethyl adjacent to an activating group) is 1. The minimum absolute atomic E-state index is 0.472. The first-order valence-electron chi connectivity index (χ1n) is 8.28. The summed E-state index contributed by atoms with van der Waals surface area (Å²) < 4.78 is 5.07. The number of ether oxygens (including phenoxy) is 1. The molecule has 5 heteroatoms. The lowest BCUT2D eigenvalue weighted by atomic mass is 10.1. The summed E-state index contributed by atoms with van der Waals surface area (Å²) in [6, 6.07) is 0.472. The van der Waals surface area contributed by atoms with Gasteiger partial charge in [0.05, 0.1) is 6.61 Å². The Morgan fingerprint density at radius 1 is 1.24 bits per heavy atom. The number of unbranched alkanes of at least 4 members (excludes halogenated alkanes) is 3. The first-order valence-corrected chi connectivity index (χ1v) is 8.28. The summed E-state index contributed by atoms with van der Waals surface area (Å²) in [5, 5.41) is 6.82. The van der Waals surface area contributed by atoms with Crippen molar-refractivity contribution in [1.82, 2.24) is 15.5 Å². The Bertz CT molecular complexity index is 259. The molecule has 1 atom stereocenters. The van der Waals surface area contributed by atoms with Gasteiger partial charge >= 0.3 is 0 Å². The summed E-state index contributed by atoms with van der Waals surface area (Å²) >= 11 is 0. The molecule has 0 aromatic rings. The standard InChI is InChI=1S/C16H36N4O/c1-6-7-8-9-10-15(2)19-16(17-3)18-11-12-20(4)13-14-21-5/h15H,6-14H2,1-5H3,(H2,17,18,19). The Morgan fingerprint density at radius 2 is 2.00 bits per heavy atom. The third kappa shape index (κ3) is 12.6. The van der Waals surface area contributed by atoms with Crippen LogP contribution in [0.1, 0.15) is 46.0 Å². The van der Waals surface area contributed by atoms with E-state index in [-0.39, 0.29) is 0 Å². The van der Waals surface area contributed by atoms with Crippen molar-refractivity contribution in [3.63, 3.8) is 0 Å². The molecule has 0 aromatic carbocycles. The van der Waals surface area contributed by atoms with Gasteiger partial charge < -0.3 is 20.3 Å². The van der Waals surface area contributed by atoms with Crippen LogP contribution in [0, 0.1) is 0 Å². The normalized spacial score (nSPS) is 13.5. The van der Waals surface area contributed by atoms with Crippen molar-refractivity contribution in [3.8, 4) is 0 Å². The largest absolute Gasteiger partial charge is 0.383 e. The smallest absolute Gasteiger partial charge is 0.191 e. The second kappa shape index (κ2) is 14.1. The quantitative estimate of drug-likeness (QED) is 0.329. The molecule has 21 heavy (non-hydrogen) atoms. The molecular weight excluding hydrogens is 264 g/mol. The zero-order valence-corrected chi connectivity index (χ0v) is 14.7. The van der Waals surface area contributed by atoms with Gasteiger partial charge in [0.1, 0.15) is 0 Å². The number of methoxy groups -OCH3 is 1. The summed E-state index contributed by atoms with van der Waals surface area (Å²) in [7, 11) is 5.67. The van der Waals surface area contributed by atoms with Crippen molar-refractivity contribution in [1.29, 1.82) is 0 Å². The van der Waals surface area contributed by atoms with Crippen LogP contribution in [0.15, 0.2) is 4.99 Å². The number of hydrogen-bond donors (Lipinski definition) is 2. The third-order valence-corrected chi connectivity index (χ3v) is 3.56. The number of guanidine groups is 1. The molecule has 0 heterocycles. The summed E-state index contributed by atoms with van der Waals surface area (Å²) in [4.78, 5) is 6.53. The molecule has 0 aliphatic heterocycles. The first kappa shape index (κ1) is 20.2. The van der Waals surface area contributed by atoms with Gasteiger partial charge in [-0.05, 0) is 20.4 Å². The number of nitrogens with zero attached hydrogens (tertiary/aromatic N) is 2. The molecule has 2 N–H and O–H groups in total. The van der Waals surface area contributed by atoms with Crippen molar-refractivity contribution in [2.75, 3.05) is 47.4 Å². The van der Waals surface area contributed by atoms with Crippen LogP contribution in [0.25, 0.3) is 0 Å². The molecule has 0 aromatic heterocycles. The average Bonchev–Trinajstić information content (AvgIpc) is 2.48. The van der Waals surface area contributed by atoms with E-state index in [4.69, 9.17) is 4.74 Å². The summed E-state index contributed by atoms with van der Waals surface area (Å²) in [6.45, 7) is 8.08. The van der Waals surface area contributed by atoms with E-state index >= 15 is 0 Å². The van der Waals surface area contributed by atoms with Gasteiger partial charge in [-0.3, -0.25) is 4.99 Å². The monoisotopic (exact) mass is 300 g/mol. The van der Waals surface area contributed by atoms with Gasteiger partial charge in [-0.25, -0.2) is 0 Å². The molecule has 0 bridgehead atoms. The molecule has 0 spiro atoms. The Kier molecular flexibility index (Phi) is 13.6. The summed E-state index contributed by atoms with van der Waals surface area (Å²) in [5.41, 5.74) is 0. The minimum atomic E-state index is 0.472. The predicted molar refractivity (Wildman–Crippen MR) is 92.1 cm³/mol. The molecular formula is C16H36N4O. The van der Waals surface area contributed by atoms with E-state index in [9.17, 15) is 0 Å². The minimum Gasteiger partial charge on any atom is -0.383 e. The molecule has 0 fully saturated rings. The predicted octanol–water partition coefficient (Wildman–Crippen LogP) is 2.09. The highest BCUT2D eigenvalue weighted by molar-refractivity contribution is 5.79. The van der Waals surface area contributed by atoms with Crippen molar-refractivity contribution in [2.45, 2.75) is 52.0 Å². The number of nitrogens with one attached hydrogen (secondary N) is 2. The lowest BCUT2D eigenvalue weighted by Gasteiger charge is -2.20. The van der Waals surface area contributed by atoms with Gasteiger partial charge in [0.15, 0.2) is 5.96 Å². The zero-order chi connectivity index (χ0) is 15.9. The third-order valence-electron chi connectivity index (χ3n) is 3.56. The Labute approximate surface area is 131 Å². The molecule has 0 aliphatic rings. The molecule has 0 rings (SSSR count). The van der Waals surface area contributed by atoms with Gasteiger partial charge in [0, 0.05) is 39.8 Å². The van der Waals surface area contributed by atoms with E-state index in [1.807, 2.05) is 7.05 Å². The number of rotatable bonds is 12. The van der Waals surface area contributed by atoms with E-state index in [0.29, 0.717) is 6.04 Å². The van der Waals surface area contributed by atoms with Crippen LogP contribution in [0.2, 0.25) is 0 Å². The van der Waals surface area contributed by atoms with Crippen LogP contribution in [0.4, 0.5) is 0 Å². The first-order chi connectivity index (χ1) is 10.1. The average molecular weight is 300 g/mol. The maximum absolute atomic E-state index is 5.07. The van der Waals surface area contributed by atoms with E-state index < -0.39 is 0 Å². The van der Waals surface area contributed by atoms with Crippen LogP contribution in [-0.4, -0.2) is 64.3 Å².